The van der Waals surface area contributed by atoms with Crippen molar-refractivity contribution in [3.8, 4) is 5.75 Å². The lowest BCUT2D eigenvalue weighted by Crippen LogP contribution is -2.43. The van der Waals surface area contributed by atoms with E-state index in [-0.39, 0.29) is 53.0 Å². The molecule has 0 spiro atoms. The summed E-state index contributed by atoms with van der Waals surface area (Å²) in [7, 11) is 0. The van der Waals surface area contributed by atoms with Crippen molar-refractivity contribution in [1.82, 2.24) is 10.2 Å². The lowest BCUT2D eigenvalue weighted by atomic mass is 9.99. The first kappa shape index (κ1) is 28.2. The van der Waals surface area contributed by atoms with E-state index < -0.39 is 17.5 Å². The molecule has 190 valence electrons. The molecule has 0 radical (unpaired) electrons. The van der Waals surface area contributed by atoms with Gasteiger partial charge in [0.25, 0.3) is 5.91 Å². The van der Waals surface area contributed by atoms with Crippen LogP contribution in [0.2, 0.25) is 5.02 Å². The molecule has 0 saturated heterocycles. The Morgan fingerprint density at radius 1 is 1.00 bits per heavy atom. The Balaban J connectivity index is 2.47. The van der Waals surface area contributed by atoms with E-state index in [1.807, 2.05) is 58.0 Å². The number of Topliss-reactive ketones (excluding diaryl/α,β-unsaturated/α-hetero) is 1. The smallest absolute Gasteiger partial charge is 0.408 e. The second-order valence-electron chi connectivity index (χ2n) is 9.78. The summed E-state index contributed by atoms with van der Waals surface area (Å²) in [5, 5.41) is 2.70. The highest BCUT2D eigenvalue weighted by Gasteiger charge is 2.30. The lowest BCUT2D eigenvalue weighted by Gasteiger charge is -2.32. The summed E-state index contributed by atoms with van der Waals surface area (Å²) in [6, 6.07) is 12.2. The van der Waals surface area contributed by atoms with Crippen LogP contribution in [-0.2, 0) is 11.3 Å². The molecule has 0 aliphatic carbocycles. The maximum absolute atomic E-state index is 13.8. The molecule has 0 saturated carbocycles. The number of nitrogens with zero attached hydrogens (tertiary/aromatic N) is 1. The molecule has 35 heavy (non-hydrogen) atoms. The molecule has 2 amide bonds. The van der Waals surface area contributed by atoms with E-state index in [4.69, 9.17) is 21.1 Å². The summed E-state index contributed by atoms with van der Waals surface area (Å²) >= 11 is 6.34. The number of benzene rings is 2. The number of carbonyl (C=O) groups is 3. The van der Waals surface area contributed by atoms with Gasteiger partial charge in [-0.05, 0) is 66.2 Å². The third-order valence-corrected chi connectivity index (χ3v) is 5.18. The van der Waals surface area contributed by atoms with Crippen LogP contribution in [0.4, 0.5) is 4.79 Å². The number of nitrogens with one attached hydrogen (secondary N) is 1. The Hall–Kier alpha value is -3.06. The van der Waals surface area contributed by atoms with E-state index >= 15 is 0 Å². The minimum atomic E-state index is -0.729. The van der Waals surface area contributed by atoms with Crippen LogP contribution in [0.25, 0.3) is 0 Å². The second-order valence-corrected chi connectivity index (χ2v) is 10.2. The molecule has 2 rings (SSSR count). The van der Waals surface area contributed by atoms with Gasteiger partial charge in [0.2, 0.25) is 0 Å². The Morgan fingerprint density at radius 2 is 1.60 bits per heavy atom. The van der Waals surface area contributed by atoms with Crippen molar-refractivity contribution in [3.63, 3.8) is 0 Å². The molecule has 2 aromatic rings. The fourth-order valence-electron chi connectivity index (χ4n) is 3.63. The molecule has 0 atom stereocenters. The van der Waals surface area contributed by atoms with E-state index in [2.05, 4.69) is 5.32 Å². The highest BCUT2D eigenvalue weighted by atomic mass is 35.5. The monoisotopic (exact) mass is 502 g/mol. The van der Waals surface area contributed by atoms with E-state index in [1.54, 1.807) is 25.7 Å². The minimum Gasteiger partial charge on any atom is -0.488 e. The third-order valence-electron chi connectivity index (χ3n) is 4.96. The summed E-state index contributed by atoms with van der Waals surface area (Å²) < 4.78 is 11.2. The summed E-state index contributed by atoms with van der Waals surface area (Å²) in [5.74, 6) is -0.632. The first-order valence-corrected chi connectivity index (χ1v) is 12.0. The molecule has 0 fully saturated rings. The predicted molar refractivity (Wildman–Crippen MR) is 137 cm³/mol. The van der Waals surface area contributed by atoms with Crippen LogP contribution in [-0.4, -0.2) is 46.9 Å². The van der Waals surface area contributed by atoms with E-state index in [0.717, 1.165) is 5.56 Å². The molecule has 2 aromatic carbocycles. The standard InChI is InChI=1S/C27H35ClN2O5/c1-17(2)30(18(3)4)25(32)24-21(22(31)15-29-26(33)35-27(5,6)7)13-20(28)14-23(24)34-16-19-11-9-8-10-12-19/h8-14,17-18H,15-16H2,1-7H3,(H,29,33). The van der Waals surface area contributed by atoms with Crippen molar-refractivity contribution in [2.75, 3.05) is 6.54 Å². The third kappa shape index (κ3) is 8.28. The van der Waals surface area contributed by atoms with Gasteiger partial charge in [0.15, 0.2) is 5.78 Å². The number of halogens is 1. The molecular weight excluding hydrogens is 468 g/mol. The molecule has 0 bridgehead atoms. The van der Waals surface area contributed by atoms with Crippen molar-refractivity contribution < 1.29 is 23.9 Å². The van der Waals surface area contributed by atoms with Crippen LogP contribution in [0, 0.1) is 0 Å². The highest BCUT2D eigenvalue weighted by Crippen LogP contribution is 2.31. The number of alkyl carbamates (subject to hydrolysis) is 1. The van der Waals surface area contributed by atoms with Gasteiger partial charge < -0.3 is 19.7 Å². The van der Waals surface area contributed by atoms with Gasteiger partial charge in [-0.3, -0.25) is 9.59 Å². The average Bonchev–Trinajstić information content (AvgIpc) is 2.74. The molecule has 0 heterocycles. The van der Waals surface area contributed by atoms with E-state index in [9.17, 15) is 14.4 Å². The summed E-state index contributed by atoms with van der Waals surface area (Å²) in [5.41, 5.74) is 0.379. The normalized spacial score (nSPS) is 11.4. The molecular formula is C27H35ClN2O5. The predicted octanol–water partition coefficient (Wildman–Crippen LogP) is 5.89. The van der Waals surface area contributed by atoms with Crippen LogP contribution in [0.5, 0.6) is 5.75 Å². The number of hydrogen-bond donors (Lipinski definition) is 1. The topological polar surface area (TPSA) is 84.9 Å². The molecule has 7 nitrogen and oxygen atoms in total. The summed E-state index contributed by atoms with van der Waals surface area (Å²) in [4.78, 5) is 40.7. The SMILES string of the molecule is CC(C)N(C(=O)c1c(OCc2ccccc2)cc(Cl)cc1C(=O)CNC(=O)OC(C)(C)C)C(C)C. The Morgan fingerprint density at radius 3 is 2.14 bits per heavy atom. The fourth-order valence-corrected chi connectivity index (χ4v) is 3.84. The molecule has 8 heteroatoms. The summed E-state index contributed by atoms with van der Waals surface area (Å²) in [6.45, 7) is 12.6. The van der Waals surface area contributed by atoms with Gasteiger partial charge >= 0.3 is 6.09 Å². The van der Waals surface area contributed by atoms with E-state index in [0.29, 0.717) is 0 Å². The zero-order chi connectivity index (χ0) is 26.3. The first-order valence-electron chi connectivity index (χ1n) is 11.6. The Labute approximate surface area is 212 Å². The van der Waals surface area contributed by atoms with Gasteiger partial charge in [-0.15, -0.1) is 0 Å². The number of ether oxygens (including phenoxy) is 2. The number of hydrogen-bond acceptors (Lipinski definition) is 5. The lowest BCUT2D eigenvalue weighted by molar-refractivity contribution is 0.0520. The van der Waals surface area contributed by atoms with Crippen molar-refractivity contribution in [3.05, 3.63) is 64.2 Å². The Kier molecular flexibility index (Phi) is 9.72. The Bertz CT molecular complexity index is 1040. The van der Waals surface area contributed by atoms with Crippen molar-refractivity contribution in [2.45, 2.75) is 72.8 Å². The van der Waals surface area contributed by atoms with Gasteiger partial charge in [-0.1, -0.05) is 41.9 Å². The van der Waals surface area contributed by atoms with Gasteiger partial charge in [-0.25, -0.2) is 4.79 Å². The summed E-state index contributed by atoms with van der Waals surface area (Å²) in [6.07, 6.45) is -0.729. The largest absolute Gasteiger partial charge is 0.488 e. The van der Waals surface area contributed by atoms with Crippen LogP contribution < -0.4 is 10.1 Å². The zero-order valence-corrected chi connectivity index (χ0v) is 22.2. The van der Waals surface area contributed by atoms with Gasteiger partial charge in [0, 0.05) is 22.7 Å². The highest BCUT2D eigenvalue weighted by molar-refractivity contribution is 6.31. The number of rotatable bonds is 9. The van der Waals surface area contributed by atoms with E-state index in [1.165, 1.54) is 12.1 Å². The molecule has 0 aromatic heterocycles. The number of ketones is 1. The number of amides is 2. The molecule has 1 N–H and O–H groups in total. The van der Waals surface area contributed by atoms with Gasteiger partial charge in [0.1, 0.15) is 18.0 Å². The van der Waals surface area contributed by atoms with Crippen LogP contribution in [0.1, 0.15) is 74.7 Å². The van der Waals surface area contributed by atoms with Gasteiger partial charge in [-0.2, -0.15) is 0 Å². The fraction of sp³-hybridized carbons (Fsp3) is 0.444. The van der Waals surface area contributed by atoms with Crippen molar-refractivity contribution in [1.29, 1.82) is 0 Å². The number of carbonyl (C=O) groups excluding carboxylic acids is 3. The molecule has 0 aliphatic heterocycles. The van der Waals surface area contributed by atoms with Crippen molar-refractivity contribution in [2.24, 2.45) is 0 Å². The second kappa shape index (κ2) is 12.1. The van der Waals surface area contributed by atoms with Crippen LogP contribution >= 0.6 is 11.6 Å². The van der Waals surface area contributed by atoms with Gasteiger partial charge in [0.05, 0.1) is 12.1 Å². The molecule has 0 unspecified atom stereocenters. The minimum absolute atomic E-state index is 0.0768. The first-order chi connectivity index (χ1) is 16.3. The molecule has 0 aliphatic rings. The maximum atomic E-state index is 13.8. The maximum Gasteiger partial charge on any atom is 0.408 e. The van der Waals surface area contributed by atoms with Crippen LogP contribution in [0.3, 0.4) is 0 Å². The van der Waals surface area contributed by atoms with Crippen LogP contribution in [0.15, 0.2) is 42.5 Å². The average molecular weight is 503 g/mol. The van der Waals surface area contributed by atoms with Crippen molar-refractivity contribution >= 4 is 29.4 Å². The zero-order valence-electron chi connectivity index (χ0n) is 21.5. The quantitative estimate of drug-likeness (QED) is 0.432.